The fraction of sp³-hybridized carbons (Fsp3) is 0.224. The van der Waals surface area contributed by atoms with Crippen molar-refractivity contribution in [3.63, 3.8) is 0 Å². The Morgan fingerprint density at radius 2 is 1.36 bits per heavy atom. The number of amides is 1. The molecule has 6 aromatic carbocycles. The van der Waals surface area contributed by atoms with E-state index >= 15 is 0 Å². The molecule has 0 fully saturated rings. The first-order chi connectivity index (χ1) is 29.0. The molecule has 1 aliphatic heterocycles. The molecule has 1 aliphatic rings. The number of hydrogen-bond acceptors (Lipinski definition) is 9. The summed E-state index contributed by atoms with van der Waals surface area (Å²) in [6.07, 6.45) is 0.597. The van der Waals surface area contributed by atoms with E-state index < -0.39 is 11.6 Å². The highest BCUT2D eigenvalue weighted by molar-refractivity contribution is 6.01. The van der Waals surface area contributed by atoms with Crippen LogP contribution in [0.4, 0.5) is 0 Å². The van der Waals surface area contributed by atoms with Gasteiger partial charge in [-0.3, -0.25) is 10.2 Å². The van der Waals surface area contributed by atoms with E-state index in [-0.39, 0.29) is 18.9 Å². The predicted octanol–water partition coefficient (Wildman–Crippen LogP) is 7.98. The number of aliphatic imine (C=N–C) groups is 1. The third kappa shape index (κ3) is 10.7. The van der Waals surface area contributed by atoms with Crippen LogP contribution in [0.15, 0.2) is 163 Å². The van der Waals surface area contributed by atoms with Gasteiger partial charge in [-0.25, -0.2) is 10.4 Å². The highest BCUT2D eigenvalue weighted by atomic mass is 16.5. The number of nitrogens with zero attached hydrogens (tertiary/aromatic N) is 1. The Bertz CT molecular complexity index is 2270. The van der Waals surface area contributed by atoms with E-state index in [2.05, 4.69) is 10.9 Å². The Morgan fingerprint density at radius 1 is 0.695 bits per heavy atom. The van der Waals surface area contributed by atoms with Crippen molar-refractivity contribution in [1.82, 2.24) is 10.9 Å². The third-order valence-electron chi connectivity index (χ3n) is 9.97. The minimum atomic E-state index is -1.40. The van der Waals surface area contributed by atoms with Gasteiger partial charge in [0.05, 0.1) is 13.7 Å². The van der Waals surface area contributed by atoms with Gasteiger partial charge in [0.2, 0.25) is 5.90 Å². The topological polar surface area (TPSA) is 120 Å². The molecule has 0 saturated carbocycles. The quantitative estimate of drug-likeness (QED) is 0.0527. The van der Waals surface area contributed by atoms with Crippen molar-refractivity contribution in [3.05, 3.63) is 191 Å². The summed E-state index contributed by atoms with van der Waals surface area (Å²) in [5.74, 6) is 2.59. The molecule has 1 heterocycles. The SMILES string of the molecule is COc1cccc([C@@H]2OC(c3ccc(OCCCO)cc3)=N[C@]2(Cc2ccccc2)C(=O)NNCCc2ccc(OCc3ccccc3)c(OCc3ccccc3)c2)c1. The second kappa shape index (κ2) is 20.2. The molecule has 7 rings (SSSR count). The lowest BCUT2D eigenvalue weighted by Gasteiger charge is -2.31. The van der Waals surface area contributed by atoms with E-state index in [0.29, 0.717) is 73.7 Å². The number of aliphatic hydroxyl groups is 1. The smallest absolute Gasteiger partial charge is 0.266 e. The van der Waals surface area contributed by atoms with Crippen molar-refractivity contribution in [3.8, 4) is 23.0 Å². The highest BCUT2D eigenvalue weighted by Crippen LogP contribution is 2.43. The third-order valence-corrected chi connectivity index (χ3v) is 9.97. The maximum Gasteiger partial charge on any atom is 0.266 e. The summed E-state index contributed by atoms with van der Waals surface area (Å²) in [6.45, 7) is 1.68. The van der Waals surface area contributed by atoms with E-state index in [4.69, 9.17) is 33.8 Å². The molecule has 2 atom stereocenters. The molecule has 0 aliphatic carbocycles. The molecule has 6 aromatic rings. The number of ether oxygens (including phenoxy) is 5. The van der Waals surface area contributed by atoms with Crippen molar-refractivity contribution in [2.45, 2.75) is 44.1 Å². The van der Waals surface area contributed by atoms with Crippen LogP contribution in [-0.4, -0.2) is 49.3 Å². The Kier molecular flexibility index (Phi) is 13.9. The van der Waals surface area contributed by atoms with Crippen molar-refractivity contribution in [2.24, 2.45) is 4.99 Å². The average Bonchev–Trinajstić information content (AvgIpc) is 3.68. The second-order valence-electron chi connectivity index (χ2n) is 14.2. The number of hydrazine groups is 1. The minimum Gasteiger partial charge on any atom is -0.497 e. The van der Waals surface area contributed by atoms with Crippen molar-refractivity contribution >= 4 is 11.8 Å². The van der Waals surface area contributed by atoms with Gasteiger partial charge in [0.15, 0.2) is 23.1 Å². The van der Waals surface area contributed by atoms with Crippen LogP contribution < -0.4 is 29.8 Å². The summed E-state index contributed by atoms with van der Waals surface area (Å²) in [6, 6.07) is 50.7. The Balaban J connectivity index is 1.11. The molecule has 0 aromatic heterocycles. The van der Waals surface area contributed by atoms with Gasteiger partial charge < -0.3 is 28.8 Å². The van der Waals surface area contributed by atoms with Crippen molar-refractivity contribution in [2.75, 3.05) is 26.9 Å². The van der Waals surface area contributed by atoms with Crippen LogP contribution >= 0.6 is 0 Å². The van der Waals surface area contributed by atoms with E-state index in [1.54, 1.807) is 7.11 Å². The monoisotopic (exact) mass is 791 g/mol. The predicted molar refractivity (Wildman–Crippen MR) is 228 cm³/mol. The van der Waals surface area contributed by atoms with Crippen LogP contribution in [0.3, 0.4) is 0 Å². The molecule has 0 spiro atoms. The number of benzene rings is 6. The number of methoxy groups -OCH3 is 1. The largest absolute Gasteiger partial charge is 0.497 e. The molecule has 0 saturated heterocycles. The van der Waals surface area contributed by atoms with E-state index in [1.165, 1.54) is 0 Å². The van der Waals surface area contributed by atoms with Gasteiger partial charge in [0.1, 0.15) is 24.7 Å². The lowest BCUT2D eigenvalue weighted by molar-refractivity contribution is -0.130. The highest BCUT2D eigenvalue weighted by Gasteiger charge is 2.53. The van der Waals surface area contributed by atoms with Gasteiger partial charge in [-0.15, -0.1) is 0 Å². The molecule has 302 valence electrons. The zero-order valence-electron chi connectivity index (χ0n) is 33.1. The van der Waals surface area contributed by atoms with Gasteiger partial charge in [-0.1, -0.05) is 109 Å². The second-order valence-corrected chi connectivity index (χ2v) is 14.2. The van der Waals surface area contributed by atoms with Gasteiger partial charge >= 0.3 is 0 Å². The van der Waals surface area contributed by atoms with Crippen LogP contribution in [0.25, 0.3) is 0 Å². The van der Waals surface area contributed by atoms with Gasteiger partial charge in [-0.2, -0.15) is 0 Å². The summed E-state index contributed by atoms with van der Waals surface area (Å²) >= 11 is 0. The summed E-state index contributed by atoms with van der Waals surface area (Å²) in [4.78, 5) is 19.9. The normalized spacial score (nSPS) is 15.8. The van der Waals surface area contributed by atoms with Gasteiger partial charge in [-0.05, 0) is 82.8 Å². The summed E-state index contributed by atoms with van der Waals surface area (Å²) in [5.41, 5.74) is 10.3. The molecule has 0 radical (unpaired) electrons. The van der Waals surface area contributed by atoms with Crippen LogP contribution in [0.1, 0.15) is 45.9 Å². The fourth-order valence-corrected chi connectivity index (χ4v) is 6.86. The van der Waals surface area contributed by atoms with Crippen LogP contribution in [0.2, 0.25) is 0 Å². The Labute approximate surface area is 345 Å². The summed E-state index contributed by atoms with van der Waals surface area (Å²) < 4.78 is 30.6. The summed E-state index contributed by atoms with van der Waals surface area (Å²) in [7, 11) is 1.61. The molecule has 1 amide bonds. The number of carbonyl (C=O) groups is 1. The van der Waals surface area contributed by atoms with E-state index in [1.807, 2.05) is 158 Å². The number of aliphatic hydroxyl groups excluding tert-OH is 1. The van der Waals surface area contributed by atoms with Crippen LogP contribution in [-0.2, 0) is 35.6 Å². The maximum absolute atomic E-state index is 14.7. The molecular formula is C49H49N3O7. The van der Waals surface area contributed by atoms with E-state index in [9.17, 15) is 4.79 Å². The molecular weight excluding hydrogens is 743 g/mol. The lowest BCUT2D eigenvalue weighted by Crippen LogP contribution is -2.54. The zero-order chi connectivity index (χ0) is 40.7. The first-order valence-electron chi connectivity index (χ1n) is 19.8. The number of rotatable bonds is 20. The van der Waals surface area contributed by atoms with Gasteiger partial charge in [0, 0.05) is 31.6 Å². The van der Waals surface area contributed by atoms with Gasteiger partial charge in [0.25, 0.3) is 5.91 Å². The molecule has 3 N–H and O–H groups in total. The number of carbonyl (C=O) groups excluding carboxylic acids is 1. The molecule has 0 bridgehead atoms. The first kappa shape index (κ1) is 40.6. The fourth-order valence-electron chi connectivity index (χ4n) is 6.86. The van der Waals surface area contributed by atoms with E-state index in [0.717, 1.165) is 27.8 Å². The average molecular weight is 792 g/mol. The van der Waals surface area contributed by atoms with Crippen molar-refractivity contribution in [1.29, 1.82) is 0 Å². The van der Waals surface area contributed by atoms with Crippen LogP contribution in [0, 0.1) is 0 Å². The Hall–Kier alpha value is -6.62. The maximum atomic E-state index is 14.7. The lowest BCUT2D eigenvalue weighted by atomic mass is 9.82. The number of nitrogens with one attached hydrogen (secondary N) is 2. The zero-order valence-corrected chi connectivity index (χ0v) is 33.1. The molecule has 0 unspecified atom stereocenters. The molecule has 10 nitrogen and oxygen atoms in total. The first-order valence-corrected chi connectivity index (χ1v) is 19.8. The van der Waals surface area contributed by atoms with Crippen molar-refractivity contribution < 1.29 is 33.6 Å². The molecule has 59 heavy (non-hydrogen) atoms. The molecule has 10 heteroatoms. The standard InChI is InChI=1S/C49H49N3O7/c1-55-43-20-11-19-41(32-43)46-49(33-37-13-5-2-6-14-37,51-47(59-46)40-22-24-42(25-23-40)56-30-12-29-53)48(54)52-50-28-27-36-21-26-44(57-34-38-15-7-3-8-16-38)45(31-36)58-35-39-17-9-4-10-18-39/h2-11,13-26,31-32,46,50,53H,12,27-30,33-35H2,1H3,(H,52,54)/t46-,49-/m0/s1. The van der Waals surface area contributed by atoms with Crippen LogP contribution in [0.5, 0.6) is 23.0 Å². The Morgan fingerprint density at radius 3 is 2.02 bits per heavy atom. The number of hydrogen-bond donors (Lipinski definition) is 3. The minimum absolute atomic E-state index is 0.0536. The summed E-state index contributed by atoms with van der Waals surface area (Å²) in [5, 5.41) is 9.16.